The van der Waals surface area contributed by atoms with Crippen molar-refractivity contribution in [2.24, 2.45) is 5.92 Å². The number of likely N-dealkylation sites (tertiary alicyclic amines) is 1. The zero-order valence-electron chi connectivity index (χ0n) is 17.3. The minimum Gasteiger partial charge on any atom is -0.497 e. The molecule has 0 atom stereocenters. The first-order valence-corrected chi connectivity index (χ1v) is 9.96. The number of carbonyl (C=O) groups is 2. The molecule has 1 aliphatic heterocycles. The van der Waals surface area contributed by atoms with E-state index in [1.165, 1.54) is 4.90 Å². The molecule has 0 aliphatic carbocycles. The van der Waals surface area contributed by atoms with Crippen molar-refractivity contribution in [1.82, 2.24) is 0 Å². The molecule has 3 rings (SSSR count). The maximum absolute atomic E-state index is 12.7. The molecule has 0 spiro atoms. The number of amides is 1. The topological polar surface area (TPSA) is 69.1 Å². The molecule has 1 amide bonds. The van der Waals surface area contributed by atoms with Gasteiger partial charge in [-0.25, -0.2) is 0 Å². The second-order valence-corrected chi connectivity index (χ2v) is 7.55. The van der Waals surface area contributed by atoms with Crippen molar-refractivity contribution >= 4 is 17.4 Å². The molecule has 2 aromatic rings. The zero-order chi connectivity index (χ0) is 20.8. The van der Waals surface area contributed by atoms with Crippen molar-refractivity contribution < 1.29 is 24.0 Å². The SMILES string of the molecule is COc1ccc(OC)c(NC(=O)C[NH+]2CCC(C(=O)c3ccc(C)cc3)CC2)c1. The van der Waals surface area contributed by atoms with Crippen molar-refractivity contribution in [2.45, 2.75) is 19.8 Å². The highest BCUT2D eigenvalue weighted by atomic mass is 16.5. The molecule has 0 unspecified atom stereocenters. The van der Waals surface area contributed by atoms with Gasteiger partial charge in [0.15, 0.2) is 12.3 Å². The fraction of sp³-hybridized carbons (Fsp3) is 0.391. The summed E-state index contributed by atoms with van der Waals surface area (Å²) in [5, 5.41) is 2.92. The predicted octanol–water partition coefficient (Wildman–Crippen LogP) is 2.13. The van der Waals surface area contributed by atoms with Crippen LogP contribution in [0.4, 0.5) is 5.69 Å². The largest absolute Gasteiger partial charge is 0.497 e. The fourth-order valence-electron chi connectivity index (χ4n) is 3.75. The number of ketones is 1. The Morgan fingerprint density at radius 1 is 1.03 bits per heavy atom. The van der Waals surface area contributed by atoms with Gasteiger partial charge in [-0.1, -0.05) is 29.8 Å². The van der Waals surface area contributed by atoms with Gasteiger partial charge >= 0.3 is 0 Å². The van der Waals surface area contributed by atoms with E-state index in [4.69, 9.17) is 9.47 Å². The van der Waals surface area contributed by atoms with Gasteiger partial charge in [-0.05, 0) is 19.1 Å². The molecule has 2 aromatic carbocycles. The molecule has 6 heteroatoms. The lowest BCUT2D eigenvalue weighted by Crippen LogP contribution is -3.14. The molecular formula is C23H29N2O4+. The number of nitrogens with one attached hydrogen (secondary N) is 2. The molecule has 1 fully saturated rings. The summed E-state index contributed by atoms with van der Waals surface area (Å²) >= 11 is 0. The van der Waals surface area contributed by atoms with Crippen molar-refractivity contribution in [3.05, 3.63) is 53.6 Å². The molecule has 6 nitrogen and oxygen atoms in total. The van der Waals surface area contributed by atoms with Crippen LogP contribution in [0.25, 0.3) is 0 Å². The minimum absolute atomic E-state index is 0.0444. The molecule has 0 aromatic heterocycles. The normalized spacial score (nSPS) is 18.7. The van der Waals surface area contributed by atoms with Crippen LogP contribution in [0.1, 0.15) is 28.8 Å². The van der Waals surface area contributed by atoms with Crippen LogP contribution in [0, 0.1) is 12.8 Å². The van der Waals surface area contributed by atoms with E-state index in [1.807, 2.05) is 31.2 Å². The van der Waals surface area contributed by atoms with E-state index in [-0.39, 0.29) is 17.6 Å². The lowest BCUT2D eigenvalue weighted by atomic mass is 9.88. The quantitative estimate of drug-likeness (QED) is 0.703. The monoisotopic (exact) mass is 397 g/mol. The van der Waals surface area contributed by atoms with Gasteiger partial charge in [0.1, 0.15) is 11.5 Å². The van der Waals surface area contributed by atoms with E-state index in [9.17, 15) is 9.59 Å². The molecule has 0 saturated carbocycles. The van der Waals surface area contributed by atoms with E-state index < -0.39 is 0 Å². The third-order valence-corrected chi connectivity index (χ3v) is 5.49. The highest BCUT2D eigenvalue weighted by molar-refractivity contribution is 5.98. The maximum Gasteiger partial charge on any atom is 0.279 e. The van der Waals surface area contributed by atoms with Crippen LogP contribution in [0.5, 0.6) is 11.5 Å². The molecule has 2 N–H and O–H groups in total. The summed E-state index contributed by atoms with van der Waals surface area (Å²) in [7, 11) is 3.15. The highest BCUT2D eigenvalue weighted by Gasteiger charge is 2.29. The van der Waals surface area contributed by atoms with E-state index in [1.54, 1.807) is 32.4 Å². The Labute approximate surface area is 171 Å². The van der Waals surface area contributed by atoms with Crippen molar-refractivity contribution in [3.8, 4) is 11.5 Å². The molecule has 154 valence electrons. The number of hydrogen-bond donors (Lipinski definition) is 2. The zero-order valence-corrected chi connectivity index (χ0v) is 17.3. The molecule has 0 bridgehead atoms. The third-order valence-electron chi connectivity index (χ3n) is 5.49. The van der Waals surface area contributed by atoms with Gasteiger partial charge in [-0.2, -0.15) is 0 Å². The summed E-state index contributed by atoms with van der Waals surface area (Å²) < 4.78 is 10.5. The Bertz CT molecular complexity index is 856. The first kappa shape index (κ1) is 20.9. The van der Waals surface area contributed by atoms with Gasteiger partial charge in [0.25, 0.3) is 5.91 Å². The van der Waals surface area contributed by atoms with Crippen molar-refractivity contribution in [1.29, 1.82) is 0 Å². The summed E-state index contributed by atoms with van der Waals surface area (Å²) in [4.78, 5) is 26.4. The number of carbonyl (C=O) groups excluding carboxylic acids is 2. The Balaban J connectivity index is 1.52. The number of anilines is 1. The van der Waals surface area contributed by atoms with Crippen LogP contribution >= 0.6 is 0 Å². The Morgan fingerprint density at radius 2 is 1.72 bits per heavy atom. The van der Waals surface area contributed by atoms with E-state index >= 15 is 0 Å². The molecule has 1 heterocycles. The van der Waals surface area contributed by atoms with E-state index in [0.29, 0.717) is 23.7 Å². The minimum atomic E-state index is -0.0742. The number of hydrogen-bond acceptors (Lipinski definition) is 4. The number of aryl methyl sites for hydroxylation is 1. The van der Waals surface area contributed by atoms with E-state index in [0.717, 1.165) is 37.1 Å². The average molecular weight is 397 g/mol. The summed E-state index contributed by atoms with van der Waals surface area (Å²) in [6, 6.07) is 13.1. The van der Waals surface area contributed by atoms with Crippen molar-refractivity contribution in [2.75, 3.05) is 39.2 Å². The number of quaternary nitrogens is 1. The maximum atomic E-state index is 12.7. The number of piperidine rings is 1. The van der Waals surface area contributed by atoms with E-state index in [2.05, 4.69) is 5.32 Å². The van der Waals surface area contributed by atoms with Gasteiger partial charge in [-0.3, -0.25) is 9.59 Å². The summed E-state index contributed by atoms with van der Waals surface area (Å²) in [5.41, 5.74) is 2.53. The average Bonchev–Trinajstić information content (AvgIpc) is 2.74. The van der Waals surface area contributed by atoms with Crippen molar-refractivity contribution in [3.63, 3.8) is 0 Å². The second-order valence-electron chi connectivity index (χ2n) is 7.55. The molecule has 29 heavy (non-hydrogen) atoms. The Hall–Kier alpha value is -2.86. The summed E-state index contributed by atoms with van der Waals surface area (Å²) in [6.07, 6.45) is 1.61. The standard InChI is InChI=1S/C23H28N2O4/c1-16-4-6-17(7-5-16)23(27)18-10-12-25(13-11-18)15-22(26)24-20-14-19(28-2)8-9-21(20)29-3/h4-9,14,18H,10-13,15H2,1-3H3,(H,24,26)/p+1. The smallest absolute Gasteiger partial charge is 0.279 e. The van der Waals surface area contributed by atoms with Gasteiger partial charge in [0, 0.05) is 30.4 Å². The summed E-state index contributed by atoms with van der Waals surface area (Å²) in [6.45, 7) is 4.00. The third kappa shape index (κ3) is 5.35. The molecule has 1 saturated heterocycles. The molecule has 0 radical (unpaired) electrons. The Kier molecular flexibility index (Phi) is 6.88. The number of benzene rings is 2. The highest BCUT2D eigenvalue weighted by Crippen LogP contribution is 2.28. The van der Waals surface area contributed by atoms with Crippen LogP contribution < -0.4 is 19.7 Å². The lowest BCUT2D eigenvalue weighted by molar-refractivity contribution is -0.897. The summed E-state index contributed by atoms with van der Waals surface area (Å²) in [5.74, 6) is 1.44. The predicted molar refractivity (Wildman–Crippen MR) is 112 cm³/mol. The van der Waals surface area contributed by atoms with Crippen LogP contribution in [0.3, 0.4) is 0 Å². The van der Waals surface area contributed by atoms with Gasteiger partial charge < -0.3 is 19.7 Å². The Morgan fingerprint density at radius 3 is 2.34 bits per heavy atom. The van der Waals surface area contributed by atoms with Gasteiger partial charge in [-0.15, -0.1) is 0 Å². The lowest BCUT2D eigenvalue weighted by Gasteiger charge is -2.28. The van der Waals surface area contributed by atoms with Crippen LogP contribution in [-0.2, 0) is 4.79 Å². The van der Waals surface area contributed by atoms with Crippen LogP contribution in [0.2, 0.25) is 0 Å². The first-order valence-electron chi connectivity index (χ1n) is 9.96. The van der Waals surface area contributed by atoms with Crippen LogP contribution in [0.15, 0.2) is 42.5 Å². The molecule has 1 aliphatic rings. The van der Waals surface area contributed by atoms with Gasteiger partial charge in [0.05, 0.1) is 33.0 Å². The van der Waals surface area contributed by atoms with Gasteiger partial charge in [0.2, 0.25) is 0 Å². The fourth-order valence-corrected chi connectivity index (χ4v) is 3.75. The number of rotatable bonds is 7. The number of ether oxygens (including phenoxy) is 2. The number of Topliss-reactive ketones (excluding diaryl/α,β-unsaturated/α-hetero) is 1. The second kappa shape index (κ2) is 9.56. The van der Waals surface area contributed by atoms with Crippen LogP contribution in [-0.4, -0.2) is 45.5 Å². The first-order chi connectivity index (χ1) is 14.0. The molecular weight excluding hydrogens is 368 g/mol. The number of methoxy groups -OCH3 is 2.